The van der Waals surface area contributed by atoms with Crippen molar-refractivity contribution in [3.05, 3.63) is 59.5 Å². The number of carbonyl (C=O) groups excluding carboxylic acids is 1. The Labute approximate surface area is 155 Å². The van der Waals surface area contributed by atoms with Crippen LogP contribution in [0, 0.1) is 11.2 Å². The Kier molecular flexibility index (Phi) is 4.04. The van der Waals surface area contributed by atoms with Gasteiger partial charge in [-0.2, -0.15) is 0 Å². The van der Waals surface area contributed by atoms with Crippen LogP contribution in [0.4, 0.5) is 10.1 Å². The fourth-order valence-corrected chi connectivity index (χ4v) is 2.83. The van der Waals surface area contributed by atoms with Crippen molar-refractivity contribution in [1.29, 1.82) is 0 Å². The van der Waals surface area contributed by atoms with E-state index in [1.165, 1.54) is 12.1 Å². The Morgan fingerprint density at radius 1 is 1.19 bits per heavy atom. The third kappa shape index (κ3) is 3.22. The predicted octanol–water partition coefficient (Wildman–Crippen LogP) is 5.56. The molecule has 3 aromatic rings. The summed E-state index contributed by atoms with van der Waals surface area (Å²) in [5, 5.41) is 4.05. The van der Waals surface area contributed by atoms with Gasteiger partial charge in [0.1, 0.15) is 5.75 Å². The molecule has 0 aliphatic heterocycles. The Hall–Kier alpha value is -2.66. The van der Waals surface area contributed by atoms with Crippen molar-refractivity contribution in [1.82, 2.24) is 4.98 Å². The Balaban J connectivity index is 1.58. The predicted molar refractivity (Wildman–Crippen MR) is 99.2 cm³/mol. The largest absolute Gasteiger partial charge is 0.454 e. The first-order valence-corrected chi connectivity index (χ1v) is 8.66. The van der Waals surface area contributed by atoms with E-state index in [4.69, 9.17) is 16.3 Å². The lowest BCUT2D eigenvalue weighted by molar-refractivity contribution is -0.120. The summed E-state index contributed by atoms with van der Waals surface area (Å²) in [5.74, 6) is -0.0822. The summed E-state index contributed by atoms with van der Waals surface area (Å²) in [7, 11) is 0. The summed E-state index contributed by atoms with van der Waals surface area (Å²) in [5.41, 5.74) is 0.763. The number of hydrogen-bond donors (Lipinski definition) is 1. The van der Waals surface area contributed by atoms with E-state index in [1.807, 2.05) is 6.92 Å². The van der Waals surface area contributed by atoms with Crippen LogP contribution in [0.25, 0.3) is 10.9 Å². The molecule has 1 heterocycles. The van der Waals surface area contributed by atoms with Crippen LogP contribution in [0.15, 0.2) is 48.7 Å². The molecule has 1 aliphatic carbocycles. The smallest absolute Gasteiger partial charge is 0.230 e. The molecule has 0 spiro atoms. The van der Waals surface area contributed by atoms with Crippen molar-refractivity contribution in [3.8, 4) is 11.5 Å². The van der Waals surface area contributed by atoms with Gasteiger partial charge in [-0.15, -0.1) is 0 Å². The van der Waals surface area contributed by atoms with Crippen molar-refractivity contribution in [2.45, 2.75) is 19.8 Å². The van der Waals surface area contributed by atoms with Crippen LogP contribution in [0.1, 0.15) is 19.8 Å². The molecule has 1 N–H and O–H groups in total. The van der Waals surface area contributed by atoms with Gasteiger partial charge in [0.2, 0.25) is 5.91 Å². The Bertz CT molecular complexity index is 1020. The second kappa shape index (κ2) is 6.25. The lowest BCUT2D eigenvalue weighted by Gasteiger charge is -2.12. The monoisotopic (exact) mass is 370 g/mol. The van der Waals surface area contributed by atoms with Gasteiger partial charge < -0.3 is 10.1 Å². The molecule has 1 saturated carbocycles. The normalized spacial score (nSPS) is 14.9. The fraction of sp³-hybridized carbons (Fsp3) is 0.200. The second-order valence-electron chi connectivity index (χ2n) is 6.73. The highest BCUT2D eigenvalue weighted by Gasteiger charge is 2.44. The number of ether oxygens (including phenoxy) is 1. The molecule has 1 amide bonds. The van der Waals surface area contributed by atoms with Gasteiger partial charge in [-0.05, 0) is 49.2 Å². The molecule has 4 rings (SSSR count). The number of rotatable bonds is 4. The van der Waals surface area contributed by atoms with E-state index in [-0.39, 0.29) is 17.1 Å². The van der Waals surface area contributed by atoms with Crippen molar-refractivity contribution in [3.63, 3.8) is 0 Å². The van der Waals surface area contributed by atoms with E-state index in [1.54, 1.807) is 36.5 Å². The van der Waals surface area contributed by atoms with Gasteiger partial charge in [0.25, 0.3) is 0 Å². The molecular formula is C20H16ClFN2O2. The average Bonchev–Trinajstić information content (AvgIpc) is 3.36. The highest BCUT2D eigenvalue weighted by Crippen LogP contribution is 2.45. The van der Waals surface area contributed by atoms with Crippen LogP contribution >= 0.6 is 11.6 Å². The lowest BCUT2D eigenvalue weighted by atomic mass is 10.1. The third-order valence-corrected chi connectivity index (χ3v) is 4.86. The molecule has 0 radical (unpaired) electrons. The molecule has 2 aromatic carbocycles. The zero-order valence-corrected chi connectivity index (χ0v) is 14.8. The zero-order valence-electron chi connectivity index (χ0n) is 14.1. The highest BCUT2D eigenvalue weighted by atomic mass is 35.5. The van der Waals surface area contributed by atoms with Gasteiger partial charge in [-0.1, -0.05) is 18.5 Å². The molecule has 0 bridgehead atoms. The topological polar surface area (TPSA) is 51.2 Å². The molecule has 6 heteroatoms. The van der Waals surface area contributed by atoms with Crippen LogP contribution in [0.5, 0.6) is 11.5 Å². The molecule has 0 saturated heterocycles. The molecule has 1 aromatic heterocycles. The van der Waals surface area contributed by atoms with E-state index in [9.17, 15) is 9.18 Å². The highest BCUT2D eigenvalue weighted by molar-refractivity contribution is 6.31. The molecule has 1 aliphatic rings. The number of aromatic nitrogens is 1. The van der Waals surface area contributed by atoms with Gasteiger partial charge in [0.05, 0.1) is 5.52 Å². The summed E-state index contributed by atoms with van der Waals surface area (Å²) in [4.78, 5) is 16.3. The summed E-state index contributed by atoms with van der Waals surface area (Å²) in [6.45, 7) is 1.90. The van der Waals surface area contributed by atoms with Gasteiger partial charge in [-0.3, -0.25) is 9.78 Å². The summed E-state index contributed by atoms with van der Waals surface area (Å²) >= 11 is 5.98. The first-order valence-electron chi connectivity index (χ1n) is 8.28. The van der Waals surface area contributed by atoms with Gasteiger partial charge in [0, 0.05) is 33.8 Å². The number of hydrogen-bond acceptors (Lipinski definition) is 3. The van der Waals surface area contributed by atoms with Crippen LogP contribution in [-0.4, -0.2) is 10.9 Å². The maximum absolute atomic E-state index is 14.4. The van der Waals surface area contributed by atoms with E-state index in [0.29, 0.717) is 22.0 Å². The standard InChI is InChI=1S/C20H16ClFN2O2/c1-20(7-8-20)19(25)24-13-3-5-18(15(22)11-13)26-17-6-9-23-16-10-12(21)2-4-14(16)17/h2-6,9-11H,7-8H2,1H3,(H,24,25). The van der Waals surface area contributed by atoms with Crippen LogP contribution < -0.4 is 10.1 Å². The third-order valence-electron chi connectivity index (χ3n) is 4.62. The summed E-state index contributed by atoms with van der Waals surface area (Å²) < 4.78 is 20.2. The van der Waals surface area contributed by atoms with Crippen molar-refractivity contribution in [2.24, 2.45) is 5.41 Å². The number of nitrogens with zero attached hydrogens (tertiary/aromatic N) is 1. The Morgan fingerprint density at radius 3 is 2.73 bits per heavy atom. The first-order chi connectivity index (χ1) is 12.4. The number of halogens is 2. The SMILES string of the molecule is CC1(C(=O)Nc2ccc(Oc3ccnc4cc(Cl)ccc34)c(F)c2)CC1. The van der Waals surface area contributed by atoms with E-state index < -0.39 is 5.82 Å². The molecule has 26 heavy (non-hydrogen) atoms. The maximum atomic E-state index is 14.4. The van der Waals surface area contributed by atoms with Crippen LogP contribution in [-0.2, 0) is 4.79 Å². The number of carbonyl (C=O) groups is 1. The number of anilines is 1. The molecular weight excluding hydrogens is 355 g/mol. The average molecular weight is 371 g/mol. The molecule has 132 valence electrons. The van der Waals surface area contributed by atoms with Gasteiger partial charge >= 0.3 is 0 Å². The van der Waals surface area contributed by atoms with Crippen molar-refractivity contribution < 1.29 is 13.9 Å². The zero-order chi connectivity index (χ0) is 18.3. The van der Waals surface area contributed by atoms with Gasteiger partial charge in [-0.25, -0.2) is 4.39 Å². The molecule has 1 fully saturated rings. The van der Waals surface area contributed by atoms with E-state index >= 15 is 0 Å². The minimum absolute atomic E-state index is 0.0723. The number of benzene rings is 2. The van der Waals surface area contributed by atoms with Crippen LogP contribution in [0.2, 0.25) is 5.02 Å². The molecule has 0 atom stereocenters. The minimum atomic E-state index is -0.553. The summed E-state index contributed by atoms with van der Waals surface area (Å²) in [6.07, 6.45) is 3.31. The van der Waals surface area contributed by atoms with Crippen LogP contribution in [0.3, 0.4) is 0 Å². The number of amides is 1. The lowest BCUT2D eigenvalue weighted by Crippen LogP contribution is -2.21. The molecule has 4 nitrogen and oxygen atoms in total. The minimum Gasteiger partial charge on any atom is -0.454 e. The number of pyridine rings is 1. The van der Waals surface area contributed by atoms with E-state index in [0.717, 1.165) is 18.2 Å². The number of fused-ring (bicyclic) bond motifs is 1. The second-order valence-corrected chi connectivity index (χ2v) is 7.17. The van der Waals surface area contributed by atoms with Crippen molar-refractivity contribution >= 4 is 34.1 Å². The van der Waals surface area contributed by atoms with Gasteiger partial charge in [0.15, 0.2) is 11.6 Å². The number of nitrogens with one attached hydrogen (secondary N) is 1. The molecule has 0 unspecified atom stereocenters. The first kappa shape index (κ1) is 16.8. The van der Waals surface area contributed by atoms with E-state index in [2.05, 4.69) is 10.3 Å². The fourth-order valence-electron chi connectivity index (χ4n) is 2.66. The summed E-state index contributed by atoms with van der Waals surface area (Å²) in [6, 6.07) is 11.3. The van der Waals surface area contributed by atoms with Crippen molar-refractivity contribution in [2.75, 3.05) is 5.32 Å². The maximum Gasteiger partial charge on any atom is 0.230 e. The quantitative estimate of drug-likeness (QED) is 0.654. The Morgan fingerprint density at radius 2 is 2.00 bits per heavy atom.